The predicted octanol–water partition coefficient (Wildman–Crippen LogP) is 0.671. The van der Waals surface area contributed by atoms with Gasteiger partial charge in [-0.3, -0.25) is 9.69 Å². The highest BCUT2D eigenvalue weighted by Crippen LogP contribution is 2.25. The minimum absolute atomic E-state index is 0. The fourth-order valence-corrected chi connectivity index (χ4v) is 2.92. The SMILES string of the molecule is CS(=O)(=O)c1ccc(C(=O)NCC(N2CCNCC2)C(F)(F)F)o1.Cl. The Balaban J connectivity index is 0.00000312. The Bertz CT molecular complexity index is 687. The summed E-state index contributed by atoms with van der Waals surface area (Å²) < 4.78 is 67.0. The third kappa shape index (κ3) is 5.87. The van der Waals surface area contributed by atoms with Crippen molar-refractivity contribution in [3.8, 4) is 0 Å². The van der Waals surface area contributed by atoms with Crippen LogP contribution in [0.5, 0.6) is 0 Å². The summed E-state index contributed by atoms with van der Waals surface area (Å²) in [6.07, 6.45) is -3.59. The Morgan fingerprint density at radius 2 is 1.96 bits per heavy atom. The van der Waals surface area contributed by atoms with E-state index in [0.717, 1.165) is 18.4 Å². The Hall–Kier alpha value is -1.30. The highest BCUT2D eigenvalue weighted by Gasteiger charge is 2.43. The van der Waals surface area contributed by atoms with E-state index < -0.39 is 39.6 Å². The van der Waals surface area contributed by atoms with Gasteiger partial charge in [0.15, 0.2) is 5.76 Å². The number of carbonyl (C=O) groups excluding carboxylic acids is 1. The molecule has 1 fully saturated rings. The molecule has 0 aromatic carbocycles. The molecule has 12 heteroatoms. The smallest absolute Gasteiger partial charge is 0.405 e. The zero-order chi connectivity index (χ0) is 18.0. The van der Waals surface area contributed by atoms with E-state index in [4.69, 9.17) is 4.42 Å². The van der Waals surface area contributed by atoms with E-state index in [9.17, 15) is 26.4 Å². The first-order valence-electron chi connectivity index (χ1n) is 7.18. The van der Waals surface area contributed by atoms with Gasteiger partial charge < -0.3 is 15.1 Å². The standard InChI is InChI=1S/C13H18F3N3O4S.ClH/c1-24(21,22)11-3-2-9(23-11)12(20)18-8-10(13(14,15)16)19-6-4-17-5-7-19;/h2-3,10,17H,4-8H2,1H3,(H,18,20);1H. The van der Waals surface area contributed by atoms with Gasteiger partial charge in [-0.15, -0.1) is 12.4 Å². The molecule has 0 bridgehead atoms. The van der Waals surface area contributed by atoms with Crippen LogP contribution in [0.15, 0.2) is 21.6 Å². The average molecular weight is 406 g/mol. The molecule has 7 nitrogen and oxygen atoms in total. The third-order valence-corrected chi connectivity index (χ3v) is 4.55. The summed E-state index contributed by atoms with van der Waals surface area (Å²) in [5, 5.41) is 4.70. The Morgan fingerprint density at radius 1 is 1.36 bits per heavy atom. The maximum absolute atomic E-state index is 13.2. The minimum atomic E-state index is -4.49. The van der Waals surface area contributed by atoms with Crippen LogP contribution >= 0.6 is 12.4 Å². The summed E-state index contributed by atoms with van der Waals surface area (Å²) in [6.45, 7) is 0.683. The van der Waals surface area contributed by atoms with Gasteiger partial charge in [0.25, 0.3) is 5.91 Å². The summed E-state index contributed by atoms with van der Waals surface area (Å²) in [6, 6.07) is 0.383. The van der Waals surface area contributed by atoms with E-state index >= 15 is 0 Å². The number of rotatable bonds is 5. The van der Waals surface area contributed by atoms with Crippen molar-refractivity contribution in [2.75, 3.05) is 39.0 Å². The van der Waals surface area contributed by atoms with Crippen molar-refractivity contribution in [2.45, 2.75) is 17.3 Å². The molecule has 2 N–H and O–H groups in total. The molecule has 0 saturated carbocycles. The number of piperazine rings is 1. The van der Waals surface area contributed by atoms with Crippen molar-refractivity contribution in [3.63, 3.8) is 0 Å². The normalized spacial score (nSPS) is 17.6. The van der Waals surface area contributed by atoms with Gasteiger partial charge in [-0.2, -0.15) is 13.2 Å². The predicted molar refractivity (Wildman–Crippen MR) is 85.7 cm³/mol. The fraction of sp³-hybridized carbons (Fsp3) is 0.615. The van der Waals surface area contributed by atoms with Crippen LogP contribution in [-0.4, -0.2) is 70.4 Å². The second kappa shape index (κ2) is 8.39. The zero-order valence-corrected chi connectivity index (χ0v) is 14.9. The van der Waals surface area contributed by atoms with E-state index in [1.165, 1.54) is 4.90 Å². The van der Waals surface area contributed by atoms with Crippen molar-refractivity contribution < 1.29 is 30.8 Å². The molecule has 1 aromatic rings. The van der Waals surface area contributed by atoms with Crippen LogP contribution in [0.1, 0.15) is 10.6 Å². The lowest BCUT2D eigenvalue weighted by atomic mass is 10.2. The highest BCUT2D eigenvalue weighted by atomic mass is 35.5. The largest absolute Gasteiger partial charge is 0.440 e. The maximum atomic E-state index is 13.2. The maximum Gasteiger partial charge on any atom is 0.405 e. The van der Waals surface area contributed by atoms with Crippen LogP contribution in [-0.2, 0) is 9.84 Å². The van der Waals surface area contributed by atoms with Gasteiger partial charge in [0.05, 0.1) is 0 Å². The molecular weight excluding hydrogens is 387 g/mol. The number of hydrogen-bond acceptors (Lipinski definition) is 6. The molecule has 2 heterocycles. The zero-order valence-electron chi connectivity index (χ0n) is 13.3. The minimum Gasteiger partial charge on any atom is -0.440 e. The lowest BCUT2D eigenvalue weighted by Gasteiger charge is -2.35. The third-order valence-electron chi connectivity index (χ3n) is 3.60. The van der Waals surface area contributed by atoms with Crippen LogP contribution in [0.2, 0.25) is 0 Å². The number of hydrogen-bond donors (Lipinski definition) is 2. The molecule has 25 heavy (non-hydrogen) atoms. The summed E-state index contributed by atoms with van der Waals surface area (Å²) in [7, 11) is -3.63. The Morgan fingerprint density at radius 3 is 2.44 bits per heavy atom. The first kappa shape index (κ1) is 21.7. The van der Waals surface area contributed by atoms with E-state index in [1.807, 2.05) is 0 Å². The second-order valence-electron chi connectivity index (χ2n) is 5.44. The second-order valence-corrected chi connectivity index (χ2v) is 7.39. The van der Waals surface area contributed by atoms with Gasteiger partial charge >= 0.3 is 6.18 Å². The van der Waals surface area contributed by atoms with Crippen molar-refractivity contribution in [1.29, 1.82) is 0 Å². The topological polar surface area (TPSA) is 91.7 Å². The summed E-state index contributed by atoms with van der Waals surface area (Å²) >= 11 is 0. The molecule has 1 aliphatic heterocycles. The van der Waals surface area contributed by atoms with Crippen molar-refractivity contribution >= 4 is 28.2 Å². The number of furan rings is 1. The van der Waals surface area contributed by atoms with Crippen LogP contribution in [0.25, 0.3) is 0 Å². The molecule has 1 amide bonds. The number of alkyl halides is 3. The first-order chi connectivity index (χ1) is 11.1. The summed E-state index contributed by atoms with van der Waals surface area (Å²) in [5.74, 6) is -1.24. The van der Waals surface area contributed by atoms with E-state index in [2.05, 4.69) is 10.6 Å². The van der Waals surface area contributed by atoms with Gasteiger partial charge in [-0.1, -0.05) is 0 Å². The van der Waals surface area contributed by atoms with Gasteiger partial charge in [0.2, 0.25) is 14.9 Å². The Labute approximate surface area is 149 Å². The molecule has 0 radical (unpaired) electrons. The van der Waals surface area contributed by atoms with E-state index in [-0.39, 0.29) is 31.3 Å². The van der Waals surface area contributed by atoms with Gasteiger partial charge in [0.1, 0.15) is 6.04 Å². The number of nitrogens with zero attached hydrogens (tertiary/aromatic N) is 1. The fourth-order valence-electron chi connectivity index (χ4n) is 2.36. The van der Waals surface area contributed by atoms with Crippen LogP contribution in [0, 0.1) is 0 Å². The lowest BCUT2D eigenvalue weighted by Crippen LogP contribution is -2.57. The number of sulfone groups is 1. The first-order valence-corrected chi connectivity index (χ1v) is 9.08. The molecule has 2 rings (SSSR count). The monoisotopic (exact) mass is 405 g/mol. The van der Waals surface area contributed by atoms with Crippen LogP contribution in [0.3, 0.4) is 0 Å². The molecule has 0 aliphatic carbocycles. The molecule has 1 aliphatic rings. The van der Waals surface area contributed by atoms with Gasteiger partial charge in [-0.25, -0.2) is 8.42 Å². The number of halogens is 4. The van der Waals surface area contributed by atoms with Crippen molar-refractivity contribution in [2.24, 2.45) is 0 Å². The molecule has 0 spiro atoms. The van der Waals surface area contributed by atoms with Gasteiger partial charge in [0, 0.05) is 39.0 Å². The number of nitrogens with one attached hydrogen (secondary N) is 2. The average Bonchev–Trinajstić information content (AvgIpc) is 2.97. The highest BCUT2D eigenvalue weighted by molar-refractivity contribution is 7.90. The van der Waals surface area contributed by atoms with E-state index in [1.54, 1.807) is 0 Å². The Kier molecular flexibility index (Phi) is 7.29. The van der Waals surface area contributed by atoms with Gasteiger partial charge in [-0.05, 0) is 12.1 Å². The molecule has 1 unspecified atom stereocenters. The lowest BCUT2D eigenvalue weighted by molar-refractivity contribution is -0.183. The number of carbonyl (C=O) groups is 1. The summed E-state index contributed by atoms with van der Waals surface area (Å²) in [5.41, 5.74) is 0. The van der Waals surface area contributed by atoms with Crippen LogP contribution < -0.4 is 10.6 Å². The van der Waals surface area contributed by atoms with Crippen LogP contribution in [0.4, 0.5) is 13.2 Å². The summed E-state index contributed by atoms with van der Waals surface area (Å²) in [4.78, 5) is 13.2. The number of amides is 1. The molecule has 1 saturated heterocycles. The molecular formula is C13H19ClF3N3O4S. The molecule has 144 valence electrons. The van der Waals surface area contributed by atoms with Crippen molar-refractivity contribution in [1.82, 2.24) is 15.5 Å². The van der Waals surface area contributed by atoms with Crippen molar-refractivity contribution in [3.05, 3.63) is 17.9 Å². The molecule has 1 aromatic heterocycles. The van der Waals surface area contributed by atoms with E-state index in [0.29, 0.717) is 13.1 Å². The quantitative estimate of drug-likeness (QED) is 0.748. The molecule has 1 atom stereocenters.